The first kappa shape index (κ1) is 10.8. The highest BCUT2D eigenvalue weighted by molar-refractivity contribution is 7.80. The molecule has 14 heavy (non-hydrogen) atoms. The first-order valence-electron chi connectivity index (χ1n) is 3.43. The van der Waals surface area contributed by atoms with Gasteiger partial charge in [0.05, 0.1) is 11.3 Å². The lowest BCUT2D eigenvalue weighted by atomic mass is 10.2. The highest BCUT2D eigenvalue weighted by Gasteiger charge is 2.32. The van der Waals surface area contributed by atoms with Gasteiger partial charge in [-0.2, -0.15) is 18.2 Å². The molecule has 0 aromatic heterocycles. The molecule has 74 valence electrons. The summed E-state index contributed by atoms with van der Waals surface area (Å²) in [6.07, 6.45) is -3.33. The molecule has 0 aliphatic carbocycles. The largest absolute Gasteiger partial charge is 0.417 e. The third-order valence-electron chi connectivity index (χ3n) is 1.46. The molecule has 0 atom stereocenters. The molecular formula is C8H4F3NOS. The second-order valence-electron chi connectivity index (χ2n) is 2.40. The van der Waals surface area contributed by atoms with Crippen molar-refractivity contribution in [3.05, 3.63) is 23.8 Å². The Morgan fingerprint density at radius 3 is 2.50 bits per heavy atom. The third kappa shape index (κ3) is 2.37. The van der Waals surface area contributed by atoms with Crippen molar-refractivity contribution in [3.8, 4) is 0 Å². The summed E-state index contributed by atoms with van der Waals surface area (Å²) in [4.78, 5) is 12.7. The molecule has 0 saturated carbocycles. The van der Waals surface area contributed by atoms with Crippen LogP contribution in [0, 0.1) is 0 Å². The minimum absolute atomic E-state index is 0.0925. The van der Waals surface area contributed by atoms with Crippen molar-refractivity contribution in [3.63, 3.8) is 0 Å². The molecule has 1 rings (SSSR count). The summed E-state index contributed by atoms with van der Waals surface area (Å²) in [6.45, 7) is 0. The summed E-state index contributed by atoms with van der Waals surface area (Å²) in [7, 11) is 0. The van der Waals surface area contributed by atoms with Gasteiger partial charge in [-0.1, -0.05) is 0 Å². The molecule has 0 unspecified atom stereocenters. The number of halogens is 3. The van der Waals surface area contributed by atoms with Crippen LogP contribution in [0.25, 0.3) is 0 Å². The van der Waals surface area contributed by atoms with E-state index in [1.807, 2.05) is 0 Å². The van der Waals surface area contributed by atoms with Gasteiger partial charge in [0.1, 0.15) is 0 Å². The van der Waals surface area contributed by atoms with Crippen LogP contribution >= 0.6 is 12.6 Å². The Hall–Kier alpha value is -1.26. The molecule has 0 bridgehead atoms. The molecule has 0 N–H and O–H groups in total. The molecule has 0 fully saturated rings. The van der Waals surface area contributed by atoms with Crippen molar-refractivity contribution >= 4 is 24.4 Å². The number of isocyanates is 1. The maximum atomic E-state index is 12.3. The van der Waals surface area contributed by atoms with Crippen LogP contribution < -0.4 is 0 Å². The van der Waals surface area contributed by atoms with E-state index in [0.29, 0.717) is 0 Å². The molecule has 0 amide bonds. The molecular weight excluding hydrogens is 215 g/mol. The predicted molar refractivity (Wildman–Crippen MR) is 46.5 cm³/mol. The van der Waals surface area contributed by atoms with Gasteiger partial charge in [-0.3, -0.25) is 0 Å². The zero-order valence-electron chi connectivity index (χ0n) is 6.67. The van der Waals surface area contributed by atoms with Crippen LogP contribution in [0.1, 0.15) is 5.56 Å². The van der Waals surface area contributed by atoms with Crippen LogP contribution in [0.3, 0.4) is 0 Å². The average molecular weight is 219 g/mol. The number of carbonyl (C=O) groups excluding carboxylic acids is 1. The zero-order chi connectivity index (χ0) is 10.8. The highest BCUT2D eigenvalue weighted by Crippen LogP contribution is 2.35. The second-order valence-corrected chi connectivity index (χ2v) is 2.88. The lowest BCUT2D eigenvalue weighted by Crippen LogP contribution is -2.05. The minimum Gasteiger partial charge on any atom is -0.211 e. The first-order chi connectivity index (χ1) is 6.45. The number of nitrogens with zero attached hydrogens (tertiary/aromatic N) is 1. The van der Waals surface area contributed by atoms with E-state index >= 15 is 0 Å². The Balaban J connectivity index is 3.28. The molecule has 0 aliphatic rings. The first-order valence-corrected chi connectivity index (χ1v) is 3.88. The fourth-order valence-electron chi connectivity index (χ4n) is 0.873. The Bertz CT molecular complexity index is 396. The van der Waals surface area contributed by atoms with Gasteiger partial charge < -0.3 is 0 Å². The second kappa shape index (κ2) is 3.86. The van der Waals surface area contributed by atoms with Crippen molar-refractivity contribution < 1.29 is 18.0 Å². The average Bonchev–Trinajstić information content (AvgIpc) is 2.07. The molecule has 0 heterocycles. The fraction of sp³-hybridized carbons (Fsp3) is 0.125. The third-order valence-corrected chi connectivity index (χ3v) is 1.85. The van der Waals surface area contributed by atoms with Gasteiger partial charge in [0.15, 0.2) is 0 Å². The van der Waals surface area contributed by atoms with Crippen molar-refractivity contribution in [1.82, 2.24) is 0 Å². The molecule has 1 aromatic carbocycles. The molecule has 0 radical (unpaired) electrons. The Labute approximate surface area is 82.9 Å². The van der Waals surface area contributed by atoms with E-state index in [1.165, 1.54) is 6.07 Å². The number of benzene rings is 1. The van der Waals surface area contributed by atoms with Crippen LogP contribution in [0.15, 0.2) is 28.1 Å². The molecule has 1 aromatic rings. The maximum Gasteiger partial charge on any atom is 0.417 e. The monoisotopic (exact) mass is 219 g/mol. The van der Waals surface area contributed by atoms with Gasteiger partial charge in [0.25, 0.3) is 0 Å². The van der Waals surface area contributed by atoms with E-state index in [9.17, 15) is 18.0 Å². The number of hydrogen-bond acceptors (Lipinski definition) is 3. The van der Waals surface area contributed by atoms with Gasteiger partial charge >= 0.3 is 6.18 Å². The summed E-state index contributed by atoms with van der Waals surface area (Å²) in [5.41, 5.74) is -1.01. The topological polar surface area (TPSA) is 29.4 Å². The van der Waals surface area contributed by atoms with Crippen LogP contribution in [-0.2, 0) is 11.0 Å². The molecule has 2 nitrogen and oxygen atoms in total. The normalized spacial score (nSPS) is 10.9. The number of aliphatic imine (C=N–C) groups is 1. The summed E-state index contributed by atoms with van der Waals surface area (Å²) in [5, 5.41) is 0. The number of thiol groups is 1. The quantitative estimate of drug-likeness (QED) is 0.439. The Morgan fingerprint density at radius 1 is 1.36 bits per heavy atom. The standard InChI is InChI=1S/C8H4F3NOS/c9-8(10,11)6-3-5(12-4-13)1-2-7(6)14/h1-3,14H. The summed E-state index contributed by atoms with van der Waals surface area (Å²) >= 11 is 3.65. The maximum absolute atomic E-state index is 12.3. The number of hydrogen-bond donors (Lipinski definition) is 1. The molecule has 0 saturated heterocycles. The van der Waals surface area contributed by atoms with Crippen molar-refractivity contribution in [2.24, 2.45) is 4.99 Å². The number of rotatable bonds is 1. The van der Waals surface area contributed by atoms with Crippen LogP contribution in [0.2, 0.25) is 0 Å². The highest BCUT2D eigenvalue weighted by atomic mass is 32.1. The smallest absolute Gasteiger partial charge is 0.211 e. The SMILES string of the molecule is O=C=Nc1ccc(S)c(C(F)(F)F)c1. The Morgan fingerprint density at radius 2 is 2.00 bits per heavy atom. The molecule has 6 heteroatoms. The van der Waals surface area contributed by atoms with E-state index in [-0.39, 0.29) is 10.6 Å². The van der Waals surface area contributed by atoms with Crippen molar-refractivity contribution in [1.29, 1.82) is 0 Å². The molecule has 0 spiro atoms. The van der Waals surface area contributed by atoms with E-state index in [2.05, 4.69) is 17.6 Å². The number of alkyl halides is 3. The van der Waals surface area contributed by atoms with Crippen LogP contribution in [-0.4, -0.2) is 6.08 Å². The molecule has 0 aliphatic heterocycles. The van der Waals surface area contributed by atoms with Crippen LogP contribution in [0.4, 0.5) is 18.9 Å². The lowest BCUT2D eigenvalue weighted by molar-refractivity contribution is -0.139. The summed E-state index contributed by atoms with van der Waals surface area (Å²) in [6, 6.07) is 3.12. The van der Waals surface area contributed by atoms with Gasteiger partial charge in [0, 0.05) is 4.90 Å². The van der Waals surface area contributed by atoms with Crippen molar-refractivity contribution in [2.45, 2.75) is 11.1 Å². The van der Waals surface area contributed by atoms with E-state index in [4.69, 9.17) is 0 Å². The van der Waals surface area contributed by atoms with Gasteiger partial charge in [0.2, 0.25) is 6.08 Å². The van der Waals surface area contributed by atoms with Gasteiger partial charge in [-0.05, 0) is 18.2 Å². The van der Waals surface area contributed by atoms with E-state index in [0.717, 1.165) is 18.2 Å². The fourth-order valence-corrected chi connectivity index (χ4v) is 1.14. The summed E-state index contributed by atoms with van der Waals surface area (Å²) in [5.74, 6) is 0. The van der Waals surface area contributed by atoms with E-state index in [1.54, 1.807) is 0 Å². The lowest BCUT2D eigenvalue weighted by Gasteiger charge is -2.09. The van der Waals surface area contributed by atoms with Gasteiger partial charge in [-0.25, -0.2) is 4.79 Å². The minimum atomic E-state index is -4.49. The van der Waals surface area contributed by atoms with Crippen LogP contribution in [0.5, 0.6) is 0 Å². The van der Waals surface area contributed by atoms with E-state index < -0.39 is 11.7 Å². The Kier molecular flexibility index (Phi) is 2.98. The van der Waals surface area contributed by atoms with Crippen molar-refractivity contribution in [2.75, 3.05) is 0 Å². The van der Waals surface area contributed by atoms with Gasteiger partial charge in [-0.15, -0.1) is 12.6 Å². The summed E-state index contributed by atoms with van der Waals surface area (Å²) < 4.78 is 36.8. The predicted octanol–water partition coefficient (Wildman–Crippen LogP) is 2.96. The zero-order valence-corrected chi connectivity index (χ0v) is 7.56.